The zero-order valence-electron chi connectivity index (χ0n) is 17.5. The van der Waals surface area contributed by atoms with Crippen molar-refractivity contribution in [2.75, 3.05) is 0 Å². The Morgan fingerprint density at radius 2 is 1.70 bits per heavy atom. The second-order valence-corrected chi connectivity index (χ2v) is 7.41. The molecule has 0 spiro atoms. The van der Waals surface area contributed by atoms with Crippen molar-refractivity contribution in [1.82, 2.24) is 24.9 Å². The van der Waals surface area contributed by atoms with Gasteiger partial charge >= 0.3 is 0 Å². The van der Waals surface area contributed by atoms with Crippen molar-refractivity contribution in [2.24, 2.45) is 0 Å². The van der Waals surface area contributed by atoms with Gasteiger partial charge in [-0.15, -0.1) is 0 Å². The Bertz CT molecular complexity index is 1160. The molecule has 6 heteroatoms. The van der Waals surface area contributed by atoms with E-state index in [2.05, 4.69) is 27.6 Å². The van der Waals surface area contributed by atoms with E-state index in [1.54, 1.807) is 6.20 Å². The highest BCUT2D eigenvalue weighted by atomic mass is 16.1. The first-order chi connectivity index (χ1) is 14.5. The number of aromatic nitrogens is 4. The fourth-order valence-electron chi connectivity index (χ4n) is 3.56. The summed E-state index contributed by atoms with van der Waals surface area (Å²) in [5.74, 6) is -0.103. The van der Waals surface area contributed by atoms with Gasteiger partial charge in [0, 0.05) is 35.3 Å². The molecule has 30 heavy (non-hydrogen) atoms. The highest BCUT2D eigenvalue weighted by Gasteiger charge is 2.14. The van der Waals surface area contributed by atoms with Gasteiger partial charge in [0.25, 0.3) is 5.91 Å². The standard InChI is InChI=1S/C24H25N5O/c1-17-13-14-26-29(17)22-11-9-21(10-12-22)24(30)25-15-23-18(2)27-28(19(23)3)16-20-7-5-4-6-8-20/h4-14H,15-16H2,1-3H3,(H,25,30). The second-order valence-electron chi connectivity index (χ2n) is 7.41. The molecule has 1 amide bonds. The number of nitrogens with zero attached hydrogens (tertiary/aromatic N) is 4. The van der Waals surface area contributed by atoms with E-state index in [-0.39, 0.29) is 5.91 Å². The normalized spacial score (nSPS) is 10.9. The maximum Gasteiger partial charge on any atom is 0.251 e. The molecule has 6 nitrogen and oxygen atoms in total. The van der Waals surface area contributed by atoms with E-state index in [4.69, 9.17) is 0 Å². The van der Waals surface area contributed by atoms with Crippen LogP contribution in [-0.4, -0.2) is 25.5 Å². The molecule has 0 aliphatic heterocycles. The minimum atomic E-state index is -0.103. The van der Waals surface area contributed by atoms with Gasteiger partial charge in [0.1, 0.15) is 0 Å². The molecule has 0 unspecified atom stereocenters. The third-order valence-electron chi connectivity index (χ3n) is 5.34. The molecular formula is C24H25N5O. The minimum absolute atomic E-state index is 0.103. The number of benzene rings is 2. The van der Waals surface area contributed by atoms with Crippen LogP contribution in [-0.2, 0) is 13.1 Å². The summed E-state index contributed by atoms with van der Waals surface area (Å²) in [5.41, 5.74) is 6.87. The monoisotopic (exact) mass is 399 g/mol. The number of carbonyl (C=O) groups is 1. The summed E-state index contributed by atoms with van der Waals surface area (Å²) in [4.78, 5) is 12.6. The molecule has 2 heterocycles. The van der Waals surface area contributed by atoms with E-state index in [1.807, 2.05) is 78.7 Å². The average Bonchev–Trinajstić information content (AvgIpc) is 3.30. The fraction of sp³-hybridized carbons (Fsp3) is 0.208. The predicted octanol–water partition coefficient (Wildman–Crippen LogP) is 3.97. The van der Waals surface area contributed by atoms with Gasteiger partial charge in [0.15, 0.2) is 0 Å². The Morgan fingerprint density at radius 1 is 0.967 bits per heavy atom. The predicted molar refractivity (Wildman–Crippen MR) is 117 cm³/mol. The van der Waals surface area contributed by atoms with E-state index in [0.29, 0.717) is 12.1 Å². The summed E-state index contributed by atoms with van der Waals surface area (Å²) in [6.07, 6.45) is 1.76. The maximum atomic E-state index is 12.6. The lowest BCUT2D eigenvalue weighted by atomic mass is 10.1. The largest absolute Gasteiger partial charge is 0.348 e. The first-order valence-corrected chi connectivity index (χ1v) is 9.99. The molecule has 0 saturated carbocycles. The van der Waals surface area contributed by atoms with E-state index in [9.17, 15) is 4.79 Å². The van der Waals surface area contributed by atoms with E-state index in [0.717, 1.165) is 34.9 Å². The molecule has 1 N–H and O–H groups in total. The van der Waals surface area contributed by atoms with Crippen molar-refractivity contribution in [1.29, 1.82) is 0 Å². The van der Waals surface area contributed by atoms with Crippen LogP contribution < -0.4 is 5.32 Å². The Labute approximate surface area is 176 Å². The molecular weight excluding hydrogens is 374 g/mol. The number of hydrogen-bond donors (Lipinski definition) is 1. The summed E-state index contributed by atoms with van der Waals surface area (Å²) in [6.45, 7) is 7.19. The summed E-state index contributed by atoms with van der Waals surface area (Å²) in [5, 5.41) is 12.0. The third-order valence-corrected chi connectivity index (χ3v) is 5.34. The number of rotatable bonds is 6. The Balaban J connectivity index is 1.43. The van der Waals surface area contributed by atoms with Crippen LogP contribution in [0, 0.1) is 20.8 Å². The molecule has 4 aromatic rings. The van der Waals surface area contributed by atoms with Gasteiger partial charge in [0.05, 0.1) is 17.9 Å². The Hall–Kier alpha value is -3.67. The lowest BCUT2D eigenvalue weighted by molar-refractivity contribution is 0.0951. The smallest absolute Gasteiger partial charge is 0.251 e. The van der Waals surface area contributed by atoms with Crippen LogP contribution in [0.2, 0.25) is 0 Å². The summed E-state index contributed by atoms with van der Waals surface area (Å²) in [7, 11) is 0. The van der Waals surface area contributed by atoms with Gasteiger partial charge in [-0.1, -0.05) is 30.3 Å². The summed E-state index contributed by atoms with van der Waals surface area (Å²) >= 11 is 0. The van der Waals surface area contributed by atoms with Crippen LogP contribution in [0.1, 0.15) is 38.6 Å². The molecule has 152 valence electrons. The van der Waals surface area contributed by atoms with E-state index >= 15 is 0 Å². The lowest BCUT2D eigenvalue weighted by Crippen LogP contribution is -2.23. The lowest BCUT2D eigenvalue weighted by Gasteiger charge is -2.09. The van der Waals surface area contributed by atoms with Crippen LogP contribution in [0.25, 0.3) is 5.69 Å². The van der Waals surface area contributed by atoms with Gasteiger partial charge in [-0.3, -0.25) is 9.48 Å². The quantitative estimate of drug-likeness (QED) is 0.533. The summed E-state index contributed by atoms with van der Waals surface area (Å²) in [6, 6.07) is 19.7. The minimum Gasteiger partial charge on any atom is -0.348 e. The molecule has 2 aromatic carbocycles. The van der Waals surface area contributed by atoms with E-state index in [1.165, 1.54) is 5.56 Å². The molecule has 0 aliphatic carbocycles. The number of amides is 1. The second kappa shape index (κ2) is 8.37. The van der Waals surface area contributed by atoms with Gasteiger partial charge in [-0.2, -0.15) is 10.2 Å². The van der Waals surface area contributed by atoms with Gasteiger partial charge in [-0.25, -0.2) is 4.68 Å². The molecule has 0 fully saturated rings. The average molecular weight is 399 g/mol. The fourth-order valence-corrected chi connectivity index (χ4v) is 3.56. The van der Waals surface area contributed by atoms with Crippen LogP contribution >= 0.6 is 0 Å². The zero-order chi connectivity index (χ0) is 21.1. The molecule has 0 bridgehead atoms. The van der Waals surface area contributed by atoms with Crippen molar-refractivity contribution in [3.63, 3.8) is 0 Å². The Kier molecular flexibility index (Phi) is 5.48. The van der Waals surface area contributed by atoms with E-state index < -0.39 is 0 Å². The van der Waals surface area contributed by atoms with Gasteiger partial charge < -0.3 is 5.32 Å². The van der Waals surface area contributed by atoms with Crippen molar-refractivity contribution in [2.45, 2.75) is 33.9 Å². The van der Waals surface area contributed by atoms with Crippen molar-refractivity contribution >= 4 is 5.91 Å². The number of aryl methyl sites for hydroxylation is 2. The highest BCUT2D eigenvalue weighted by Crippen LogP contribution is 2.16. The topological polar surface area (TPSA) is 64.7 Å². The summed E-state index contributed by atoms with van der Waals surface area (Å²) < 4.78 is 3.84. The van der Waals surface area contributed by atoms with Crippen molar-refractivity contribution in [3.8, 4) is 5.69 Å². The van der Waals surface area contributed by atoms with Gasteiger partial charge in [-0.05, 0) is 56.7 Å². The van der Waals surface area contributed by atoms with Crippen molar-refractivity contribution in [3.05, 3.63) is 101 Å². The maximum absolute atomic E-state index is 12.6. The molecule has 0 aliphatic rings. The van der Waals surface area contributed by atoms with Crippen molar-refractivity contribution < 1.29 is 4.79 Å². The number of hydrogen-bond acceptors (Lipinski definition) is 3. The first-order valence-electron chi connectivity index (χ1n) is 9.99. The number of nitrogens with one attached hydrogen (secondary N) is 1. The molecule has 0 atom stereocenters. The molecule has 0 radical (unpaired) electrons. The molecule has 4 rings (SSSR count). The zero-order valence-corrected chi connectivity index (χ0v) is 17.5. The third kappa shape index (κ3) is 4.03. The molecule has 0 saturated heterocycles. The SMILES string of the molecule is Cc1nn(Cc2ccccc2)c(C)c1CNC(=O)c1ccc(-n2nccc2C)cc1. The van der Waals surface area contributed by atoms with Crippen LogP contribution in [0.4, 0.5) is 0 Å². The van der Waals surface area contributed by atoms with Crippen LogP contribution in [0.3, 0.4) is 0 Å². The first kappa shape index (κ1) is 19.6. The van der Waals surface area contributed by atoms with Crippen LogP contribution in [0.5, 0.6) is 0 Å². The van der Waals surface area contributed by atoms with Gasteiger partial charge in [0.2, 0.25) is 0 Å². The number of carbonyl (C=O) groups excluding carboxylic acids is 1. The highest BCUT2D eigenvalue weighted by molar-refractivity contribution is 5.94. The van der Waals surface area contributed by atoms with Crippen LogP contribution in [0.15, 0.2) is 66.9 Å². The molecule has 2 aromatic heterocycles. The Morgan fingerprint density at radius 3 is 2.37 bits per heavy atom.